The van der Waals surface area contributed by atoms with Crippen LogP contribution < -0.4 is 15.2 Å². The zero-order chi connectivity index (χ0) is 31.5. The highest BCUT2D eigenvalue weighted by Gasteiger charge is 2.33. The van der Waals surface area contributed by atoms with Crippen molar-refractivity contribution in [3.63, 3.8) is 0 Å². The molecule has 0 aliphatic carbocycles. The largest absolute Gasteiger partial charge is 0.513 e. The molecule has 0 bridgehead atoms. The van der Waals surface area contributed by atoms with Gasteiger partial charge in [0.15, 0.2) is 11.5 Å². The Hall–Kier alpha value is -3.34. The molecule has 1 rings (SSSR count). The molecule has 3 unspecified atom stereocenters. The highest BCUT2D eigenvalue weighted by Crippen LogP contribution is 2.36. The number of esters is 1. The zero-order valence-corrected chi connectivity index (χ0v) is 25.8. The maximum atomic E-state index is 12.5. The van der Waals surface area contributed by atoms with Crippen molar-refractivity contribution >= 4 is 24.2 Å². The third-order valence-electron chi connectivity index (χ3n) is 5.88. The Balaban J connectivity index is 3.36. The minimum atomic E-state index is -1.39. The van der Waals surface area contributed by atoms with E-state index in [-0.39, 0.29) is 54.0 Å². The number of carboxylic acid groups (broad SMARTS) is 1. The lowest BCUT2D eigenvalue weighted by molar-refractivity contribution is -0.149. The summed E-state index contributed by atoms with van der Waals surface area (Å²) in [6.45, 7) is 16.7. The number of carbonyl (C=O) groups is 4. The highest BCUT2D eigenvalue weighted by molar-refractivity contribution is 5.75. The lowest BCUT2D eigenvalue weighted by Gasteiger charge is -2.28. The second kappa shape index (κ2) is 15.6. The first-order valence-electron chi connectivity index (χ1n) is 13.8. The molecule has 0 aliphatic rings. The molecule has 232 valence electrons. The van der Waals surface area contributed by atoms with E-state index >= 15 is 0 Å². The van der Waals surface area contributed by atoms with Crippen LogP contribution in [0.5, 0.6) is 11.5 Å². The quantitative estimate of drug-likeness (QED) is 0.162. The van der Waals surface area contributed by atoms with E-state index < -0.39 is 36.2 Å². The molecule has 0 radical (unpaired) electrons. The van der Waals surface area contributed by atoms with Crippen LogP contribution in [0, 0.1) is 22.7 Å². The van der Waals surface area contributed by atoms with Gasteiger partial charge in [-0.25, -0.2) is 9.59 Å². The summed E-state index contributed by atoms with van der Waals surface area (Å²) in [6.07, 6.45) is -0.578. The van der Waals surface area contributed by atoms with Crippen molar-refractivity contribution in [1.29, 1.82) is 0 Å². The van der Waals surface area contributed by atoms with Gasteiger partial charge in [0.25, 0.3) is 0 Å². The van der Waals surface area contributed by atoms with Crippen LogP contribution in [0.25, 0.3) is 0 Å². The maximum absolute atomic E-state index is 12.5. The van der Waals surface area contributed by atoms with Crippen LogP contribution >= 0.6 is 0 Å². The van der Waals surface area contributed by atoms with Crippen LogP contribution in [-0.2, 0) is 23.8 Å². The van der Waals surface area contributed by atoms with Gasteiger partial charge in [-0.05, 0) is 40.9 Å². The molecule has 0 spiro atoms. The van der Waals surface area contributed by atoms with E-state index in [9.17, 15) is 24.3 Å². The van der Waals surface area contributed by atoms with Crippen LogP contribution in [0.15, 0.2) is 18.2 Å². The van der Waals surface area contributed by atoms with Gasteiger partial charge in [0.05, 0.1) is 25.7 Å². The minimum absolute atomic E-state index is 0.0563. The first kappa shape index (κ1) is 35.7. The summed E-state index contributed by atoms with van der Waals surface area (Å²) in [5, 5.41) is 9.73. The second-order valence-electron chi connectivity index (χ2n) is 12.8. The summed E-state index contributed by atoms with van der Waals surface area (Å²) < 4.78 is 26.5. The fourth-order valence-corrected chi connectivity index (χ4v) is 3.74. The third kappa shape index (κ3) is 13.2. The summed E-state index contributed by atoms with van der Waals surface area (Å²) in [6, 6.07) is 2.83. The number of carboxylic acids is 1. The Morgan fingerprint density at radius 2 is 1.37 bits per heavy atom. The number of ether oxygens (including phenoxy) is 5. The van der Waals surface area contributed by atoms with Crippen LogP contribution in [0.4, 0.5) is 9.59 Å². The Morgan fingerprint density at radius 3 is 1.83 bits per heavy atom. The molecular formula is C30H47NO10. The molecule has 0 amide bonds. The smallest absolute Gasteiger partial charge is 0.480 e. The number of benzene rings is 1. The van der Waals surface area contributed by atoms with Crippen molar-refractivity contribution in [3.05, 3.63) is 23.8 Å². The maximum Gasteiger partial charge on any atom is 0.513 e. The molecule has 41 heavy (non-hydrogen) atoms. The first-order chi connectivity index (χ1) is 18.8. The molecule has 0 fully saturated rings. The summed E-state index contributed by atoms with van der Waals surface area (Å²) in [7, 11) is 0. The Bertz CT molecular complexity index is 1040. The number of rotatable bonds is 13. The van der Waals surface area contributed by atoms with Crippen LogP contribution in [0.2, 0.25) is 0 Å². The molecule has 0 saturated carbocycles. The van der Waals surface area contributed by atoms with Gasteiger partial charge >= 0.3 is 24.2 Å². The predicted molar refractivity (Wildman–Crippen MR) is 152 cm³/mol. The molecule has 11 heteroatoms. The van der Waals surface area contributed by atoms with Crippen molar-refractivity contribution in [3.8, 4) is 11.5 Å². The van der Waals surface area contributed by atoms with Gasteiger partial charge in [-0.15, -0.1) is 0 Å². The standard InChI is InChI=1S/C30H47NO10/c1-10-11-18(2)26(34)37-15-19(3)23(24(31)25(32)33)20-12-13-21(40-27(35)38-16-29(4,5)6)22(14-20)41-28(36)39-17-30(7,8)9/h12-14,18-19,23-24H,10-11,15-17,31H2,1-9H3,(H,32,33)/t18?,19?,23?,24-/m0/s1. The van der Waals surface area contributed by atoms with Crippen molar-refractivity contribution < 1.29 is 48.0 Å². The van der Waals surface area contributed by atoms with Crippen molar-refractivity contribution in [2.45, 2.75) is 87.1 Å². The lowest BCUT2D eigenvalue weighted by atomic mass is 9.82. The molecule has 0 saturated heterocycles. The van der Waals surface area contributed by atoms with Crippen LogP contribution in [0.1, 0.15) is 86.6 Å². The van der Waals surface area contributed by atoms with Crippen molar-refractivity contribution in [2.75, 3.05) is 19.8 Å². The Kier molecular flexibility index (Phi) is 13.6. The highest BCUT2D eigenvalue weighted by atomic mass is 16.7. The fourth-order valence-electron chi connectivity index (χ4n) is 3.74. The Labute approximate surface area is 243 Å². The van der Waals surface area contributed by atoms with E-state index in [1.165, 1.54) is 18.2 Å². The normalized spacial score (nSPS) is 14.7. The van der Waals surface area contributed by atoms with E-state index in [0.717, 1.165) is 6.42 Å². The summed E-state index contributed by atoms with van der Waals surface area (Å²) >= 11 is 0. The molecule has 0 aromatic heterocycles. The average molecular weight is 582 g/mol. The number of hydrogen-bond acceptors (Lipinski definition) is 10. The Morgan fingerprint density at radius 1 is 0.854 bits per heavy atom. The molecular weight excluding hydrogens is 534 g/mol. The number of nitrogens with two attached hydrogens (primary N) is 1. The molecule has 1 aromatic carbocycles. The summed E-state index contributed by atoms with van der Waals surface area (Å²) in [5.74, 6) is -3.70. The number of aliphatic carboxylic acids is 1. The summed E-state index contributed by atoms with van der Waals surface area (Å²) in [4.78, 5) is 49.2. The SMILES string of the molecule is CCCC(C)C(=O)OCC(C)C(c1ccc(OC(=O)OCC(C)(C)C)c(OC(=O)OCC(C)(C)C)c1)[C@H](N)C(=O)O. The number of carbonyl (C=O) groups excluding carboxylic acids is 3. The molecule has 3 N–H and O–H groups in total. The van der Waals surface area contributed by atoms with Gasteiger partial charge in [0.2, 0.25) is 0 Å². The van der Waals surface area contributed by atoms with Crippen LogP contribution in [0.3, 0.4) is 0 Å². The topological polar surface area (TPSA) is 161 Å². The van der Waals surface area contributed by atoms with Gasteiger partial charge in [-0.1, -0.05) is 74.8 Å². The van der Waals surface area contributed by atoms with Crippen LogP contribution in [-0.4, -0.2) is 55.2 Å². The zero-order valence-electron chi connectivity index (χ0n) is 25.8. The number of hydrogen-bond donors (Lipinski definition) is 2. The van der Waals surface area contributed by atoms with E-state index in [0.29, 0.717) is 12.0 Å². The van der Waals surface area contributed by atoms with Gasteiger partial charge in [0, 0.05) is 5.92 Å². The average Bonchev–Trinajstić information content (AvgIpc) is 2.85. The molecule has 1 aromatic rings. The van der Waals surface area contributed by atoms with E-state index in [1.807, 2.05) is 48.5 Å². The van der Waals surface area contributed by atoms with Gasteiger partial charge in [0.1, 0.15) is 6.04 Å². The molecule has 0 heterocycles. The van der Waals surface area contributed by atoms with Crippen molar-refractivity contribution in [1.82, 2.24) is 0 Å². The minimum Gasteiger partial charge on any atom is -0.480 e. The van der Waals surface area contributed by atoms with E-state index in [2.05, 4.69) is 0 Å². The van der Waals surface area contributed by atoms with E-state index in [1.54, 1.807) is 13.8 Å². The lowest BCUT2D eigenvalue weighted by Crippen LogP contribution is -2.40. The first-order valence-corrected chi connectivity index (χ1v) is 13.8. The fraction of sp³-hybridized carbons (Fsp3) is 0.667. The monoisotopic (exact) mass is 581 g/mol. The molecule has 11 nitrogen and oxygen atoms in total. The van der Waals surface area contributed by atoms with Crippen molar-refractivity contribution in [2.24, 2.45) is 28.4 Å². The van der Waals surface area contributed by atoms with E-state index in [4.69, 9.17) is 29.4 Å². The molecule has 4 atom stereocenters. The predicted octanol–water partition coefficient (Wildman–Crippen LogP) is 5.92. The molecule has 0 aliphatic heterocycles. The van der Waals surface area contributed by atoms with Gasteiger partial charge < -0.3 is 34.5 Å². The third-order valence-corrected chi connectivity index (χ3v) is 5.88. The summed E-state index contributed by atoms with van der Waals surface area (Å²) in [5.41, 5.74) is 5.79. The van der Waals surface area contributed by atoms with Gasteiger partial charge in [-0.3, -0.25) is 9.59 Å². The second-order valence-corrected chi connectivity index (χ2v) is 12.8. The van der Waals surface area contributed by atoms with Gasteiger partial charge in [-0.2, -0.15) is 0 Å².